The molecular weight excluding hydrogens is 284 g/mol. The third-order valence-corrected chi connectivity index (χ3v) is 3.69. The van der Waals surface area contributed by atoms with Crippen molar-refractivity contribution in [2.75, 3.05) is 15.4 Å². The maximum Gasteiger partial charge on any atom is 0.256 e. The van der Waals surface area contributed by atoms with E-state index in [1.54, 1.807) is 0 Å². The van der Waals surface area contributed by atoms with Gasteiger partial charge in [0.05, 0.1) is 12.1 Å². The number of nitrogens with one attached hydrogen (secondary N) is 1. The summed E-state index contributed by atoms with van der Waals surface area (Å²) >= 11 is 0. The molecule has 1 aliphatic rings. The van der Waals surface area contributed by atoms with Crippen molar-refractivity contribution in [3.05, 3.63) is 0 Å². The lowest BCUT2D eigenvalue weighted by atomic mass is 10.2. The third kappa shape index (κ3) is 3.95. The minimum absolute atomic E-state index is 0.125. The average Bonchev–Trinajstić information content (AvgIpc) is 2.97. The number of rotatable bonds is 6. The zero-order chi connectivity index (χ0) is 16.3. The molecule has 3 N–H and O–H groups in total. The van der Waals surface area contributed by atoms with Crippen LogP contribution in [0.15, 0.2) is 0 Å². The van der Waals surface area contributed by atoms with Gasteiger partial charge in [0, 0.05) is 6.04 Å². The summed E-state index contributed by atoms with van der Waals surface area (Å²) in [5.74, 6) is 0.631. The van der Waals surface area contributed by atoms with Crippen molar-refractivity contribution in [1.82, 2.24) is 15.0 Å². The first-order chi connectivity index (χ1) is 10.4. The highest BCUT2D eigenvalue weighted by molar-refractivity contribution is 5.43. The largest absolute Gasteiger partial charge is 0.351 e. The molecule has 0 atom stereocenters. The summed E-state index contributed by atoms with van der Waals surface area (Å²) in [6.45, 7) is 7.30. The zero-order valence-corrected chi connectivity index (χ0v) is 13.7. The summed E-state index contributed by atoms with van der Waals surface area (Å²) in [7, 11) is 0. The van der Waals surface area contributed by atoms with Gasteiger partial charge in [-0.3, -0.25) is 10.4 Å². The van der Waals surface area contributed by atoms with Crippen molar-refractivity contribution in [3.63, 3.8) is 0 Å². The lowest BCUT2D eigenvalue weighted by Gasteiger charge is -2.24. The van der Waals surface area contributed by atoms with Crippen molar-refractivity contribution in [1.29, 1.82) is 0 Å². The monoisotopic (exact) mass is 310 g/mol. The average molecular weight is 310 g/mol. The van der Waals surface area contributed by atoms with Crippen molar-refractivity contribution in [3.8, 4) is 0 Å². The maximum absolute atomic E-state index is 10.1. The van der Waals surface area contributed by atoms with Gasteiger partial charge in [0.25, 0.3) is 11.9 Å². The number of hydrogen-bond donors (Lipinski definition) is 3. The molecule has 0 radical (unpaired) electrons. The molecule has 2 rings (SSSR count). The molecule has 0 amide bonds. The number of anilines is 3. The number of hydroxylamine groups is 2. The van der Waals surface area contributed by atoms with E-state index >= 15 is 0 Å². The first kappa shape index (κ1) is 16.7. The highest BCUT2D eigenvalue weighted by Crippen LogP contribution is 2.23. The minimum atomic E-state index is -0.180. The van der Waals surface area contributed by atoms with Gasteiger partial charge in [-0.05, 0) is 40.5 Å². The van der Waals surface area contributed by atoms with Gasteiger partial charge >= 0.3 is 0 Å². The first-order valence-corrected chi connectivity index (χ1v) is 7.87. The van der Waals surface area contributed by atoms with E-state index in [9.17, 15) is 10.4 Å². The predicted molar refractivity (Wildman–Crippen MR) is 84.5 cm³/mol. The van der Waals surface area contributed by atoms with Crippen molar-refractivity contribution < 1.29 is 10.4 Å². The molecule has 1 saturated carbocycles. The second-order valence-electron chi connectivity index (χ2n) is 6.26. The quantitative estimate of drug-likeness (QED) is 0.689. The maximum atomic E-state index is 10.1. The van der Waals surface area contributed by atoms with Crippen LogP contribution in [0.25, 0.3) is 0 Å². The fourth-order valence-corrected chi connectivity index (χ4v) is 2.34. The fourth-order valence-electron chi connectivity index (χ4n) is 2.34. The minimum Gasteiger partial charge on any atom is -0.351 e. The van der Waals surface area contributed by atoms with Gasteiger partial charge < -0.3 is 5.32 Å². The van der Waals surface area contributed by atoms with E-state index in [2.05, 4.69) is 20.3 Å². The van der Waals surface area contributed by atoms with Crippen LogP contribution in [0.5, 0.6) is 0 Å². The van der Waals surface area contributed by atoms with E-state index in [0.29, 0.717) is 12.0 Å². The Morgan fingerprint density at radius 2 is 1.36 bits per heavy atom. The highest BCUT2D eigenvalue weighted by Gasteiger charge is 2.21. The van der Waals surface area contributed by atoms with Gasteiger partial charge in [-0.1, -0.05) is 12.8 Å². The highest BCUT2D eigenvalue weighted by atomic mass is 16.5. The van der Waals surface area contributed by atoms with Crippen molar-refractivity contribution >= 4 is 17.8 Å². The smallest absolute Gasteiger partial charge is 0.256 e. The molecule has 0 spiro atoms. The van der Waals surface area contributed by atoms with E-state index in [-0.39, 0.29) is 24.0 Å². The molecule has 0 aromatic carbocycles. The Labute approximate surface area is 131 Å². The Hall–Kier alpha value is -1.67. The van der Waals surface area contributed by atoms with Crippen LogP contribution in [-0.4, -0.2) is 43.5 Å². The molecular formula is C14H26N6O2. The Morgan fingerprint density at radius 3 is 1.77 bits per heavy atom. The second kappa shape index (κ2) is 7.06. The number of aromatic nitrogens is 3. The normalized spacial score (nSPS) is 15.6. The summed E-state index contributed by atoms with van der Waals surface area (Å²) in [6, 6.07) is -0.0259. The molecule has 1 aliphatic carbocycles. The topological polar surface area (TPSA) is 97.6 Å². The zero-order valence-electron chi connectivity index (χ0n) is 13.7. The van der Waals surface area contributed by atoms with E-state index < -0.39 is 0 Å². The number of hydrogen-bond acceptors (Lipinski definition) is 8. The van der Waals surface area contributed by atoms with Crippen LogP contribution in [0.3, 0.4) is 0 Å². The molecule has 1 aromatic rings. The molecule has 0 bridgehead atoms. The van der Waals surface area contributed by atoms with E-state index in [1.165, 1.54) is 12.8 Å². The van der Waals surface area contributed by atoms with Crippen LogP contribution in [0.1, 0.15) is 53.4 Å². The summed E-state index contributed by atoms with van der Waals surface area (Å²) in [6.07, 6.45) is 4.55. The van der Waals surface area contributed by atoms with Gasteiger partial charge in [0.2, 0.25) is 5.95 Å². The standard InChI is InChI=1S/C14H26N6O2/c1-9(2)19(21)13-16-12(15-11-7-5-6-8-11)17-14(18-13)20(22)10(3)4/h9-11,21-22H,5-8H2,1-4H3,(H,15,16,17,18). The summed E-state index contributed by atoms with van der Waals surface area (Å²) < 4.78 is 0. The molecule has 124 valence electrons. The van der Waals surface area contributed by atoms with Crippen molar-refractivity contribution in [2.45, 2.75) is 71.5 Å². The molecule has 8 nitrogen and oxygen atoms in total. The molecule has 8 heteroatoms. The Balaban J connectivity index is 2.30. The van der Waals surface area contributed by atoms with E-state index in [4.69, 9.17) is 0 Å². The van der Waals surface area contributed by atoms with Crippen LogP contribution in [0.2, 0.25) is 0 Å². The summed E-state index contributed by atoms with van der Waals surface area (Å²) in [4.78, 5) is 12.7. The first-order valence-electron chi connectivity index (χ1n) is 7.87. The molecule has 1 heterocycles. The van der Waals surface area contributed by atoms with Crippen LogP contribution in [0, 0.1) is 0 Å². The second-order valence-corrected chi connectivity index (χ2v) is 6.26. The van der Waals surface area contributed by atoms with Gasteiger partial charge in [-0.2, -0.15) is 15.0 Å². The lowest BCUT2D eigenvalue weighted by Crippen LogP contribution is -2.33. The van der Waals surface area contributed by atoms with Crippen LogP contribution in [-0.2, 0) is 0 Å². The van der Waals surface area contributed by atoms with Gasteiger partial charge in [-0.15, -0.1) is 0 Å². The summed E-state index contributed by atoms with van der Waals surface area (Å²) in [5, 5.41) is 25.4. The van der Waals surface area contributed by atoms with Gasteiger partial charge in [-0.25, -0.2) is 10.1 Å². The van der Waals surface area contributed by atoms with Crippen LogP contribution in [0.4, 0.5) is 17.8 Å². The van der Waals surface area contributed by atoms with Crippen molar-refractivity contribution in [2.24, 2.45) is 0 Å². The fraction of sp³-hybridized carbons (Fsp3) is 0.786. The molecule has 22 heavy (non-hydrogen) atoms. The number of nitrogens with zero attached hydrogens (tertiary/aromatic N) is 5. The molecule has 0 aliphatic heterocycles. The van der Waals surface area contributed by atoms with E-state index in [0.717, 1.165) is 23.0 Å². The Morgan fingerprint density at radius 1 is 0.909 bits per heavy atom. The van der Waals surface area contributed by atoms with Crippen LogP contribution >= 0.6 is 0 Å². The SMILES string of the molecule is CC(C)N(O)c1nc(NC2CCCC2)nc(N(O)C(C)C)n1. The Bertz CT molecular complexity index is 458. The van der Waals surface area contributed by atoms with E-state index in [1.807, 2.05) is 27.7 Å². The Kier molecular flexibility index (Phi) is 5.36. The van der Waals surface area contributed by atoms with Gasteiger partial charge in [0.15, 0.2) is 0 Å². The van der Waals surface area contributed by atoms with Crippen LogP contribution < -0.4 is 15.4 Å². The molecule has 0 saturated heterocycles. The van der Waals surface area contributed by atoms with Gasteiger partial charge in [0.1, 0.15) is 0 Å². The summed E-state index contributed by atoms with van der Waals surface area (Å²) in [5.41, 5.74) is 0. The molecule has 0 unspecified atom stereocenters. The molecule has 1 aromatic heterocycles. The molecule has 1 fully saturated rings. The lowest BCUT2D eigenvalue weighted by molar-refractivity contribution is 0.214. The third-order valence-electron chi connectivity index (χ3n) is 3.69. The predicted octanol–water partition coefficient (Wildman–Crippen LogP) is 2.43.